The van der Waals surface area contributed by atoms with Crippen LogP contribution in [-0.4, -0.2) is 34.2 Å². The third-order valence-corrected chi connectivity index (χ3v) is 3.56. The maximum absolute atomic E-state index is 13.6. The predicted octanol–water partition coefficient (Wildman–Crippen LogP) is 0.739. The first-order valence-corrected chi connectivity index (χ1v) is 6.12. The molecule has 1 aliphatic rings. The summed E-state index contributed by atoms with van der Waals surface area (Å²) in [5.74, 6) is -3.52. The second-order valence-electron chi connectivity index (χ2n) is 3.81. The average Bonchev–Trinajstić information content (AvgIpc) is 2.18. The van der Waals surface area contributed by atoms with Crippen molar-refractivity contribution in [3.63, 3.8) is 0 Å². The first-order chi connectivity index (χ1) is 7.92. The SMILES string of the molecule is Nc1cc(F)c(N2CCSCC2(O)O)c(F)c1. The summed E-state index contributed by atoms with van der Waals surface area (Å²) in [4.78, 5) is 0.910. The Morgan fingerprint density at radius 3 is 2.41 bits per heavy atom. The number of nitrogen functional groups attached to an aromatic ring is 1. The van der Waals surface area contributed by atoms with Gasteiger partial charge in [0.2, 0.25) is 0 Å². The summed E-state index contributed by atoms with van der Waals surface area (Å²) in [6, 6.07) is 1.91. The molecule has 1 aromatic rings. The van der Waals surface area contributed by atoms with Crippen LogP contribution in [0.5, 0.6) is 0 Å². The van der Waals surface area contributed by atoms with Crippen LogP contribution in [0.3, 0.4) is 0 Å². The minimum atomic E-state index is -2.25. The van der Waals surface area contributed by atoms with Crippen molar-refractivity contribution in [1.29, 1.82) is 0 Å². The van der Waals surface area contributed by atoms with Crippen molar-refractivity contribution in [2.75, 3.05) is 28.7 Å². The van der Waals surface area contributed by atoms with E-state index in [-0.39, 0.29) is 18.0 Å². The molecule has 1 fully saturated rings. The first-order valence-electron chi connectivity index (χ1n) is 4.96. The van der Waals surface area contributed by atoms with Crippen molar-refractivity contribution in [1.82, 2.24) is 0 Å². The fourth-order valence-corrected chi connectivity index (χ4v) is 2.64. The van der Waals surface area contributed by atoms with Gasteiger partial charge >= 0.3 is 0 Å². The Kier molecular flexibility index (Phi) is 3.15. The molecule has 0 amide bonds. The lowest BCUT2D eigenvalue weighted by molar-refractivity contribution is -0.141. The third-order valence-electron chi connectivity index (χ3n) is 2.50. The molecule has 17 heavy (non-hydrogen) atoms. The maximum Gasteiger partial charge on any atom is 0.256 e. The van der Waals surface area contributed by atoms with Crippen molar-refractivity contribution in [3.8, 4) is 0 Å². The molecular weight excluding hydrogens is 250 g/mol. The second-order valence-corrected chi connectivity index (χ2v) is 4.92. The summed E-state index contributed by atoms with van der Waals surface area (Å²) in [6.07, 6.45) is 0. The van der Waals surface area contributed by atoms with Crippen molar-refractivity contribution in [2.45, 2.75) is 5.91 Å². The number of thioether (sulfide) groups is 1. The van der Waals surface area contributed by atoms with Crippen molar-refractivity contribution in [3.05, 3.63) is 23.8 Å². The zero-order valence-corrected chi connectivity index (χ0v) is 9.68. The minimum Gasteiger partial charge on any atom is -0.399 e. The largest absolute Gasteiger partial charge is 0.399 e. The quantitative estimate of drug-likeness (QED) is 0.514. The van der Waals surface area contributed by atoms with Gasteiger partial charge in [-0.3, -0.25) is 0 Å². The van der Waals surface area contributed by atoms with E-state index in [9.17, 15) is 19.0 Å². The van der Waals surface area contributed by atoms with Gasteiger partial charge in [-0.25, -0.2) is 8.78 Å². The summed E-state index contributed by atoms with van der Waals surface area (Å²) in [5.41, 5.74) is 4.80. The maximum atomic E-state index is 13.6. The fraction of sp³-hybridized carbons (Fsp3) is 0.400. The Hall–Kier alpha value is -1.05. The number of hydrogen-bond donors (Lipinski definition) is 3. The van der Waals surface area contributed by atoms with Crippen LogP contribution < -0.4 is 10.6 Å². The van der Waals surface area contributed by atoms with Crippen LogP contribution in [0, 0.1) is 11.6 Å². The molecule has 7 heteroatoms. The van der Waals surface area contributed by atoms with Crippen LogP contribution in [0.15, 0.2) is 12.1 Å². The van der Waals surface area contributed by atoms with Gasteiger partial charge in [-0.15, -0.1) is 0 Å². The van der Waals surface area contributed by atoms with Crippen LogP contribution in [0.4, 0.5) is 20.2 Å². The highest BCUT2D eigenvalue weighted by atomic mass is 32.2. The summed E-state index contributed by atoms with van der Waals surface area (Å²) in [6.45, 7) is 0.148. The molecule has 94 valence electrons. The molecule has 0 aromatic heterocycles. The number of nitrogens with zero attached hydrogens (tertiary/aromatic N) is 1. The molecule has 4 nitrogen and oxygen atoms in total. The van der Waals surface area contributed by atoms with Gasteiger partial charge in [-0.05, 0) is 12.1 Å². The molecule has 0 unspecified atom stereocenters. The molecule has 0 bridgehead atoms. The molecule has 1 aliphatic heterocycles. The predicted molar refractivity (Wildman–Crippen MR) is 62.6 cm³/mol. The van der Waals surface area contributed by atoms with Crippen molar-refractivity contribution >= 4 is 23.1 Å². The van der Waals surface area contributed by atoms with E-state index in [1.54, 1.807) is 0 Å². The second kappa shape index (κ2) is 4.32. The lowest BCUT2D eigenvalue weighted by Gasteiger charge is -2.40. The molecule has 1 aromatic carbocycles. The topological polar surface area (TPSA) is 69.7 Å². The van der Waals surface area contributed by atoms with Gasteiger partial charge in [-0.1, -0.05) is 0 Å². The zero-order valence-electron chi connectivity index (χ0n) is 8.86. The number of halogens is 2. The summed E-state index contributed by atoms with van der Waals surface area (Å²) in [7, 11) is 0. The van der Waals surface area contributed by atoms with E-state index in [0.717, 1.165) is 17.0 Å². The van der Waals surface area contributed by atoms with Crippen LogP contribution in [0.1, 0.15) is 0 Å². The molecule has 2 rings (SSSR count). The number of aliphatic hydroxyl groups is 2. The molecule has 0 atom stereocenters. The summed E-state index contributed by atoms with van der Waals surface area (Å²) < 4.78 is 27.3. The Morgan fingerprint density at radius 1 is 1.29 bits per heavy atom. The van der Waals surface area contributed by atoms with E-state index in [1.165, 1.54) is 11.8 Å². The molecule has 0 aliphatic carbocycles. The number of anilines is 2. The van der Waals surface area contributed by atoms with E-state index in [0.29, 0.717) is 5.75 Å². The van der Waals surface area contributed by atoms with E-state index < -0.39 is 23.2 Å². The molecular formula is C10H12F2N2O2S. The standard InChI is InChI=1S/C10H12F2N2O2S/c11-7-3-6(13)4-8(12)9(7)14-1-2-17-5-10(14,15)16/h3-4,15-16H,1-2,5,13H2. The molecule has 0 radical (unpaired) electrons. The van der Waals surface area contributed by atoms with Gasteiger partial charge in [-0.2, -0.15) is 11.8 Å². The highest BCUT2D eigenvalue weighted by molar-refractivity contribution is 7.99. The Labute approximate surface area is 101 Å². The van der Waals surface area contributed by atoms with Gasteiger partial charge in [0.1, 0.15) is 5.69 Å². The fourth-order valence-electron chi connectivity index (χ4n) is 1.76. The summed E-state index contributed by atoms with van der Waals surface area (Å²) >= 11 is 1.30. The first kappa shape index (κ1) is 12.4. The monoisotopic (exact) mass is 262 g/mol. The van der Waals surface area contributed by atoms with Gasteiger partial charge < -0.3 is 20.8 Å². The highest BCUT2D eigenvalue weighted by Gasteiger charge is 2.38. The number of rotatable bonds is 1. The van der Waals surface area contributed by atoms with Crippen molar-refractivity contribution < 1.29 is 19.0 Å². The molecule has 0 spiro atoms. The van der Waals surface area contributed by atoms with E-state index >= 15 is 0 Å². The van der Waals surface area contributed by atoms with Crippen LogP contribution >= 0.6 is 11.8 Å². The Morgan fingerprint density at radius 2 is 1.88 bits per heavy atom. The van der Waals surface area contributed by atoms with Crippen LogP contribution in [-0.2, 0) is 0 Å². The number of nitrogens with two attached hydrogens (primary N) is 1. The average molecular weight is 262 g/mol. The minimum absolute atomic E-state index is 0.0315. The lowest BCUT2D eigenvalue weighted by Crippen LogP contribution is -2.55. The molecule has 4 N–H and O–H groups in total. The lowest BCUT2D eigenvalue weighted by atomic mass is 10.2. The van der Waals surface area contributed by atoms with Gasteiger partial charge in [0.05, 0.1) is 5.75 Å². The highest BCUT2D eigenvalue weighted by Crippen LogP contribution is 2.33. The van der Waals surface area contributed by atoms with E-state index in [2.05, 4.69) is 0 Å². The smallest absolute Gasteiger partial charge is 0.256 e. The number of benzene rings is 1. The molecule has 0 saturated carbocycles. The molecule has 1 saturated heterocycles. The Balaban J connectivity index is 2.45. The third kappa shape index (κ3) is 2.31. The molecule has 1 heterocycles. The van der Waals surface area contributed by atoms with Crippen LogP contribution in [0.2, 0.25) is 0 Å². The Bertz CT molecular complexity index is 419. The summed E-state index contributed by atoms with van der Waals surface area (Å²) in [5, 5.41) is 19.4. The van der Waals surface area contributed by atoms with E-state index in [4.69, 9.17) is 5.73 Å². The van der Waals surface area contributed by atoms with Gasteiger partial charge in [0.25, 0.3) is 5.91 Å². The normalized spacial score (nSPS) is 19.4. The number of hydrogen-bond acceptors (Lipinski definition) is 5. The van der Waals surface area contributed by atoms with E-state index in [1.807, 2.05) is 0 Å². The zero-order chi connectivity index (χ0) is 12.6. The van der Waals surface area contributed by atoms with Crippen LogP contribution in [0.25, 0.3) is 0 Å². The van der Waals surface area contributed by atoms with Gasteiger partial charge in [0.15, 0.2) is 11.6 Å². The van der Waals surface area contributed by atoms with Crippen molar-refractivity contribution in [2.24, 2.45) is 0 Å². The van der Waals surface area contributed by atoms with Gasteiger partial charge in [0, 0.05) is 18.0 Å².